The molecule has 0 bridgehead atoms. The van der Waals surface area contributed by atoms with Gasteiger partial charge in [0.05, 0.1) is 6.61 Å². The predicted molar refractivity (Wildman–Crippen MR) is 58.1 cm³/mol. The Bertz CT molecular complexity index is 267. The highest BCUT2D eigenvalue weighted by atomic mass is 16.5. The zero-order valence-electron chi connectivity index (χ0n) is 9.81. The molecule has 1 aliphatic heterocycles. The summed E-state index contributed by atoms with van der Waals surface area (Å²) in [5, 5.41) is 8.84. The minimum absolute atomic E-state index is 0.178. The lowest BCUT2D eigenvalue weighted by Crippen LogP contribution is -2.42. The Morgan fingerprint density at radius 1 is 1.50 bits per heavy atom. The Morgan fingerprint density at radius 2 is 2.19 bits per heavy atom. The molecule has 1 fully saturated rings. The van der Waals surface area contributed by atoms with Gasteiger partial charge in [-0.3, -0.25) is 4.79 Å². The van der Waals surface area contributed by atoms with Crippen molar-refractivity contribution < 1.29 is 19.4 Å². The van der Waals surface area contributed by atoms with Crippen LogP contribution >= 0.6 is 0 Å². The topological polar surface area (TPSA) is 66.8 Å². The Morgan fingerprint density at radius 3 is 2.69 bits per heavy atom. The Kier molecular flexibility index (Phi) is 4.58. The number of carbonyl (C=O) groups excluding carboxylic acids is 1. The SMILES string of the molecule is CCOC(=O)CC1CCN(C(=O)O)CC1C. The summed E-state index contributed by atoms with van der Waals surface area (Å²) in [4.78, 5) is 23.5. The van der Waals surface area contributed by atoms with E-state index in [1.54, 1.807) is 6.92 Å². The molecule has 0 spiro atoms. The van der Waals surface area contributed by atoms with Crippen molar-refractivity contribution in [2.75, 3.05) is 19.7 Å². The Balaban J connectivity index is 2.41. The molecule has 16 heavy (non-hydrogen) atoms. The molecule has 1 amide bonds. The van der Waals surface area contributed by atoms with E-state index >= 15 is 0 Å². The van der Waals surface area contributed by atoms with Crippen molar-refractivity contribution in [2.24, 2.45) is 11.8 Å². The van der Waals surface area contributed by atoms with Crippen molar-refractivity contribution >= 4 is 12.1 Å². The van der Waals surface area contributed by atoms with E-state index < -0.39 is 6.09 Å². The molecule has 1 aliphatic rings. The van der Waals surface area contributed by atoms with Crippen molar-refractivity contribution in [3.63, 3.8) is 0 Å². The maximum atomic E-state index is 11.3. The van der Waals surface area contributed by atoms with Crippen molar-refractivity contribution in [3.8, 4) is 0 Å². The molecule has 1 saturated heterocycles. The van der Waals surface area contributed by atoms with Crippen molar-refractivity contribution in [1.82, 2.24) is 4.90 Å². The number of piperidine rings is 1. The first-order chi connectivity index (χ1) is 7.54. The minimum atomic E-state index is -0.874. The van der Waals surface area contributed by atoms with Gasteiger partial charge >= 0.3 is 12.1 Å². The fraction of sp³-hybridized carbons (Fsp3) is 0.818. The first-order valence-corrected chi connectivity index (χ1v) is 5.68. The molecule has 0 saturated carbocycles. The van der Waals surface area contributed by atoms with Gasteiger partial charge in [0, 0.05) is 19.5 Å². The molecule has 0 aromatic heterocycles. The lowest BCUT2D eigenvalue weighted by atomic mass is 9.84. The monoisotopic (exact) mass is 229 g/mol. The lowest BCUT2D eigenvalue weighted by Gasteiger charge is -2.34. The van der Waals surface area contributed by atoms with Gasteiger partial charge < -0.3 is 14.7 Å². The van der Waals surface area contributed by atoms with Gasteiger partial charge in [-0.1, -0.05) is 6.92 Å². The van der Waals surface area contributed by atoms with E-state index in [4.69, 9.17) is 9.84 Å². The second kappa shape index (κ2) is 5.72. The number of hydrogen-bond acceptors (Lipinski definition) is 3. The highest BCUT2D eigenvalue weighted by molar-refractivity contribution is 5.70. The van der Waals surface area contributed by atoms with Crippen LogP contribution in [-0.4, -0.2) is 41.8 Å². The average Bonchev–Trinajstić information content (AvgIpc) is 2.21. The highest BCUT2D eigenvalue weighted by Gasteiger charge is 2.30. The van der Waals surface area contributed by atoms with Crippen LogP contribution in [0.25, 0.3) is 0 Å². The van der Waals surface area contributed by atoms with Gasteiger partial charge in [0.25, 0.3) is 0 Å². The van der Waals surface area contributed by atoms with Gasteiger partial charge in [-0.15, -0.1) is 0 Å². The molecule has 92 valence electrons. The number of ether oxygens (including phenoxy) is 1. The fourth-order valence-electron chi connectivity index (χ4n) is 2.11. The lowest BCUT2D eigenvalue weighted by molar-refractivity contribution is -0.145. The van der Waals surface area contributed by atoms with Crippen molar-refractivity contribution in [2.45, 2.75) is 26.7 Å². The van der Waals surface area contributed by atoms with E-state index in [0.29, 0.717) is 26.1 Å². The summed E-state index contributed by atoms with van der Waals surface area (Å²) in [5.74, 6) is 0.284. The Hall–Kier alpha value is -1.26. The molecule has 1 rings (SSSR count). The number of nitrogens with zero attached hydrogens (tertiary/aromatic N) is 1. The van der Waals surface area contributed by atoms with E-state index in [9.17, 15) is 9.59 Å². The second-order valence-corrected chi connectivity index (χ2v) is 4.26. The number of likely N-dealkylation sites (tertiary alicyclic amines) is 1. The van der Waals surface area contributed by atoms with Crippen LogP contribution in [0.2, 0.25) is 0 Å². The summed E-state index contributed by atoms with van der Waals surface area (Å²) in [6.45, 7) is 5.21. The third-order valence-corrected chi connectivity index (χ3v) is 3.09. The molecule has 0 aromatic carbocycles. The van der Waals surface area contributed by atoms with E-state index in [1.165, 1.54) is 4.90 Å². The van der Waals surface area contributed by atoms with Crippen LogP contribution in [0.4, 0.5) is 4.79 Å². The molecule has 5 nitrogen and oxygen atoms in total. The van der Waals surface area contributed by atoms with Gasteiger partial charge in [0.2, 0.25) is 0 Å². The maximum Gasteiger partial charge on any atom is 0.407 e. The predicted octanol–water partition coefficient (Wildman–Crippen LogP) is 1.58. The van der Waals surface area contributed by atoms with Gasteiger partial charge in [-0.2, -0.15) is 0 Å². The zero-order chi connectivity index (χ0) is 12.1. The summed E-state index contributed by atoms with van der Waals surface area (Å²) >= 11 is 0. The molecule has 0 aliphatic carbocycles. The van der Waals surface area contributed by atoms with Crippen LogP contribution in [0.5, 0.6) is 0 Å². The number of amides is 1. The minimum Gasteiger partial charge on any atom is -0.466 e. The van der Waals surface area contributed by atoms with Gasteiger partial charge in [-0.25, -0.2) is 4.79 Å². The smallest absolute Gasteiger partial charge is 0.407 e. The molecule has 5 heteroatoms. The van der Waals surface area contributed by atoms with Crippen LogP contribution in [0.3, 0.4) is 0 Å². The molecule has 1 N–H and O–H groups in total. The molecule has 1 heterocycles. The highest BCUT2D eigenvalue weighted by Crippen LogP contribution is 2.26. The summed E-state index contributed by atoms with van der Waals surface area (Å²) in [7, 11) is 0. The molecule has 0 radical (unpaired) electrons. The fourth-order valence-corrected chi connectivity index (χ4v) is 2.11. The molecule has 2 unspecified atom stereocenters. The third kappa shape index (κ3) is 3.40. The van der Waals surface area contributed by atoms with Crippen LogP contribution in [0.1, 0.15) is 26.7 Å². The van der Waals surface area contributed by atoms with Crippen LogP contribution in [0, 0.1) is 11.8 Å². The van der Waals surface area contributed by atoms with Crippen LogP contribution in [0.15, 0.2) is 0 Å². The third-order valence-electron chi connectivity index (χ3n) is 3.09. The maximum absolute atomic E-state index is 11.3. The van der Waals surface area contributed by atoms with Gasteiger partial charge in [-0.05, 0) is 25.2 Å². The summed E-state index contributed by atoms with van der Waals surface area (Å²) in [6, 6.07) is 0. The second-order valence-electron chi connectivity index (χ2n) is 4.26. The first-order valence-electron chi connectivity index (χ1n) is 5.68. The van der Waals surface area contributed by atoms with Gasteiger partial charge in [0.15, 0.2) is 0 Å². The Labute approximate surface area is 95.4 Å². The summed E-state index contributed by atoms with van der Waals surface area (Å²) in [6.07, 6.45) is 0.274. The van der Waals surface area contributed by atoms with E-state index in [2.05, 4.69) is 0 Å². The van der Waals surface area contributed by atoms with E-state index in [-0.39, 0.29) is 17.8 Å². The summed E-state index contributed by atoms with van der Waals surface area (Å²) < 4.78 is 4.90. The molecular weight excluding hydrogens is 210 g/mol. The number of carbonyl (C=O) groups is 2. The quantitative estimate of drug-likeness (QED) is 0.746. The van der Waals surface area contributed by atoms with Crippen molar-refractivity contribution in [3.05, 3.63) is 0 Å². The molecular formula is C11H19NO4. The molecule has 0 aromatic rings. The normalized spacial score (nSPS) is 25.2. The van der Waals surface area contributed by atoms with Crippen molar-refractivity contribution in [1.29, 1.82) is 0 Å². The largest absolute Gasteiger partial charge is 0.466 e. The van der Waals surface area contributed by atoms with E-state index in [0.717, 1.165) is 6.42 Å². The number of rotatable bonds is 3. The number of esters is 1. The number of hydrogen-bond donors (Lipinski definition) is 1. The van der Waals surface area contributed by atoms with E-state index in [1.807, 2.05) is 6.92 Å². The van der Waals surface area contributed by atoms with Gasteiger partial charge in [0.1, 0.15) is 0 Å². The van der Waals surface area contributed by atoms with Crippen LogP contribution < -0.4 is 0 Å². The number of carboxylic acid groups (broad SMARTS) is 1. The average molecular weight is 229 g/mol. The standard InChI is InChI=1S/C11H19NO4/c1-3-16-10(13)6-9-4-5-12(11(14)15)7-8(9)2/h8-9H,3-7H2,1-2H3,(H,14,15). The molecule has 2 atom stereocenters. The first kappa shape index (κ1) is 12.8. The van der Waals surface area contributed by atoms with Crippen LogP contribution in [-0.2, 0) is 9.53 Å². The zero-order valence-corrected chi connectivity index (χ0v) is 9.81. The summed E-state index contributed by atoms with van der Waals surface area (Å²) in [5.41, 5.74) is 0.